The average Bonchev–Trinajstić information content (AvgIpc) is 2.49. The maximum atomic E-state index is 11.9. The molecule has 3 N–H and O–H groups in total. The normalized spacial score (nSPS) is 10.1. The molecule has 5 nitrogen and oxygen atoms in total. The summed E-state index contributed by atoms with van der Waals surface area (Å²) >= 11 is 0. The van der Waals surface area contributed by atoms with Crippen LogP contribution in [0.1, 0.15) is 21.5 Å². The van der Waals surface area contributed by atoms with Gasteiger partial charge in [-0.1, -0.05) is 18.2 Å². The number of hydrogen-bond donors (Lipinski definition) is 2. The zero-order chi connectivity index (χ0) is 16.1. The Balaban J connectivity index is 1.98. The Morgan fingerprint density at radius 2 is 1.82 bits per heavy atom. The summed E-state index contributed by atoms with van der Waals surface area (Å²) in [6, 6.07) is 12.2. The maximum Gasteiger partial charge on any atom is 0.262 e. The molecule has 2 rings (SSSR count). The first-order valence-electron chi connectivity index (χ1n) is 6.86. The molecular formula is C17H18N2O3. The Kier molecular flexibility index (Phi) is 4.78. The van der Waals surface area contributed by atoms with Crippen molar-refractivity contribution >= 4 is 17.5 Å². The summed E-state index contributed by atoms with van der Waals surface area (Å²) in [6.45, 7) is 3.78. The molecule has 22 heavy (non-hydrogen) atoms. The molecule has 2 aromatic carbocycles. The van der Waals surface area contributed by atoms with E-state index in [1.54, 1.807) is 24.3 Å². The SMILES string of the molecule is Cc1ccc(NC(=O)COc2ccccc2C(N)=O)cc1C. The standard InChI is InChI=1S/C17H18N2O3/c1-11-7-8-13(9-12(11)2)19-16(20)10-22-15-6-4-3-5-14(15)17(18)21/h3-9H,10H2,1-2H3,(H2,18,21)(H,19,20). The van der Waals surface area contributed by atoms with Crippen molar-refractivity contribution in [3.05, 3.63) is 59.2 Å². The van der Waals surface area contributed by atoms with Crippen molar-refractivity contribution in [1.29, 1.82) is 0 Å². The van der Waals surface area contributed by atoms with Gasteiger partial charge in [-0.2, -0.15) is 0 Å². The van der Waals surface area contributed by atoms with Crippen LogP contribution in [0.25, 0.3) is 0 Å². The van der Waals surface area contributed by atoms with Gasteiger partial charge in [0, 0.05) is 5.69 Å². The average molecular weight is 298 g/mol. The van der Waals surface area contributed by atoms with Gasteiger partial charge < -0.3 is 15.8 Å². The first kappa shape index (κ1) is 15.6. The first-order valence-corrected chi connectivity index (χ1v) is 6.86. The second kappa shape index (κ2) is 6.76. The number of anilines is 1. The van der Waals surface area contributed by atoms with E-state index in [0.717, 1.165) is 11.1 Å². The number of para-hydroxylation sites is 1. The molecule has 0 bridgehead atoms. The Morgan fingerprint density at radius 3 is 2.50 bits per heavy atom. The molecule has 0 aliphatic heterocycles. The summed E-state index contributed by atoms with van der Waals surface area (Å²) in [7, 11) is 0. The zero-order valence-electron chi connectivity index (χ0n) is 12.6. The van der Waals surface area contributed by atoms with E-state index in [4.69, 9.17) is 10.5 Å². The van der Waals surface area contributed by atoms with Crippen molar-refractivity contribution in [2.24, 2.45) is 5.73 Å². The molecule has 114 valence electrons. The van der Waals surface area contributed by atoms with Crippen LogP contribution in [-0.2, 0) is 4.79 Å². The number of aryl methyl sites for hydroxylation is 2. The summed E-state index contributed by atoms with van der Waals surface area (Å²) in [6.07, 6.45) is 0. The molecule has 0 saturated heterocycles. The topological polar surface area (TPSA) is 81.4 Å². The molecule has 0 unspecified atom stereocenters. The second-order valence-electron chi connectivity index (χ2n) is 5.00. The van der Waals surface area contributed by atoms with Crippen molar-refractivity contribution in [3.63, 3.8) is 0 Å². The lowest BCUT2D eigenvalue weighted by molar-refractivity contribution is -0.118. The number of primary amides is 1. The van der Waals surface area contributed by atoms with Gasteiger partial charge in [0.05, 0.1) is 5.56 Å². The third kappa shape index (κ3) is 3.85. The summed E-state index contributed by atoms with van der Waals surface area (Å²) in [4.78, 5) is 23.2. The molecule has 5 heteroatoms. The van der Waals surface area contributed by atoms with Gasteiger partial charge in [-0.3, -0.25) is 9.59 Å². The highest BCUT2D eigenvalue weighted by molar-refractivity contribution is 5.96. The van der Waals surface area contributed by atoms with E-state index in [1.807, 2.05) is 32.0 Å². The first-order chi connectivity index (χ1) is 10.5. The maximum absolute atomic E-state index is 11.9. The monoisotopic (exact) mass is 298 g/mol. The number of carbonyl (C=O) groups is 2. The molecular weight excluding hydrogens is 280 g/mol. The van der Waals surface area contributed by atoms with E-state index in [9.17, 15) is 9.59 Å². The van der Waals surface area contributed by atoms with Crippen LogP contribution in [-0.4, -0.2) is 18.4 Å². The van der Waals surface area contributed by atoms with Crippen LogP contribution in [0.3, 0.4) is 0 Å². The van der Waals surface area contributed by atoms with Gasteiger partial charge in [0.2, 0.25) is 0 Å². The molecule has 0 radical (unpaired) electrons. The Labute approximate surface area is 129 Å². The molecule has 0 aliphatic carbocycles. The van der Waals surface area contributed by atoms with Gasteiger partial charge in [0.25, 0.3) is 11.8 Å². The molecule has 0 aliphatic rings. The van der Waals surface area contributed by atoms with E-state index in [2.05, 4.69) is 5.32 Å². The van der Waals surface area contributed by atoms with Crippen LogP contribution in [0, 0.1) is 13.8 Å². The van der Waals surface area contributed by atoms with E-state index in [0.29, 0.717) is 11.4 Å². The highest BCUT2D eigenvalue weighted by Crippen LogP contribution is 2.17. The zero-order valence-corrected chi connectivity index (χ0v) is 12.6. The van der Waals surface area contributed by atoms with Crippen molar-refractivity contribution in [2.75, 3.05) is 11.9 Å². The summed E-state index contributed by atoms with van der Waals surface area (Å²) in [5.41, 5.74) is 8.47. The quantitative estimate of drug-likeness (QED) is 0.889. The van der Waals surface area contributed by atoms with Crippen molar-refractivity contribution in [2.45, 2.75) is 13.8 Å². The lowest BCUT2D eigenvalue weighted by atomic mass is 10.1. The molecule has 0 saturated carbocycles. The van der Waals surface area contributed by atoms with E-state index < -0.39 is 5.91 Å². The molecule has 0 aromatic heterocycles. The lowest BCUT2D eigenvalue weighted by Gasteiger charge is -2.10. The van der Waals surface area contributed by atoms with E-state index in [-0.39, 0.29) is 18.1 Å². The Morgan fingerprint density at radius 1 is 1.09 bits per heavy atom. The minimum absolute atomic E-state index is 0.197. The van der Waals surface area contributed by atoms with Crippen LogP contribution < -0.4 is 15.8 Å². The number of amides is 2. The van der Waals surface area contributed by atoms with Crippen LogP contribution in [0.5, 0.6) is 5.75 Å². The number of nitrogens with two attached hydrogens (primary N) is 1. The molecule has 0 spiro atoms. The second-order valence-corrected chi connectivity index (χ2v) is 5.00. The van der Waals surface area contributed by atoms with Crippen molar-refractivity contribution in [3.8, 4) is 5.75 Å². The van der Waals surface area contributed by atoms with Crippen LogP contribution >= 0.6 is 0 Å². The fourth-order valence-electron chi connectivity index (χ4n) is 1.96. The molecule has 0 heterocycles. The highest BCUT2D eigenvalue weighted by atomic mass is 16.5. The summed E-state index contributed by atoms with van der Waals surface area (Å²) in [5, 5.41) is 2.75. The lowest BCUT2D eigenvalue weighted by Crippen LogP contribution is -2.21. The van der Waals surface area contributed by atoms with Crippen LogP contribution in [0.2, 0.25) is 0 Å². The number of hydrogen-bond acceptors (Lipinski definition) is 3. The predicted molar refractivity (Wildman–Crippen MR) is 85.0 cm³/mol. The third-order valence-corrected chi connectivity index (χ3v) is 3.30. The third-order valence-electron chi connectivity index (χ3n) is 3.30. The summed E-state index contributed by atoms with van der Waals surface area (Å²) in [5.74, 6) is -0.599. The van der Waals surface area contributed by atoms with Gasteiger partial charge in [0.1, 0.15) is 5.75 Å². The number of nitrogens with one attached hydrogen (secondary N) is 1. The number of carbonyl (C=O) groups excluding carboxylic acids is 2. The van der Waals surface area contributed by atoms with Gasteiger partial charge in [0.15, 0.2) is 6.61 Å². The minimum atomic E-state index is -0.592. The van der Waals surface area contributed by atoms with E-state index in [1.165, 1.54) is 0 Å². The van der Waals surface area contributed by atoms with Gasteiger partial charge in [-0.15, -0.1) is 0 Å². The summed E-state index contributed by atoms with van der Waals surface area (Å²) < 4.78 is 5.37. The van der Waals surface area contributed by atoms with E-state index >= 15 is 0 Å². The predicted octanol–water partition coefficient (Wildman–Crippen LogP) is 2.42. The fourth-order valence-corrected chi connectivity index (χ4v) is 1.96. The van der Waals surface area contributed by atoms with Gasteiger partial charge in [-0.05, 0) is 49.2 Å². The highest BCUT2D eigenvalue weighted by Gasteiger charge is 2.10. The fraction of sp³-hybridized carbons (Fsp3) is 0.176. The van der Waals surface area contributed by atoms with Crippen molar-refractivity contribution in [1.82, 2.24) is 0 Å². The Hall–Kier alpha value is -2.82. The van der Waals surface area contributed by atoms with Crippen LogP contribution in [0.15, 0.2) is 42.5 Å². The Bertz CT molecular complexity index is 711. The van der Waals surface area contributed by atoms with Gasteiger partial charge >= 0.3 is 0 Å². The van der Waals surface area contributed by atoms with Crippen molar-refractivity contribution < 1.29 is 14.3 Å². The number of benzene rings is 2. The van der Waals surface area contributed by atoms with Gasteiger partial charge in [-0.25, -0.2) is 0 Å². The molecule has 2 aromatic rings. The molecule has 2 amide bonds. The minimum Gasteiger partial charge on any atom is -0.483 e. The van der Waals surface area contributed by atoms with Crippen LogP contribution in [0.4, 0.5) is 5.69 Å². The molecule has 0 atom stereocenters. The smallest absolute Gasteiger partial charge is 0.262 e. The largest absolute Gasteiger partial charge is 0.483 e. The number of ether oxygens (including phenoxy) is 1. The molecule has 0 fully saturated rings. The number of rotatable bonds is 5.